The molecule has 2 amide bonds. The largest absolute Gasteiger partial charge is 0.338 e. The monoisotopic (exact) mass is 331 g/mol. The van der Waals surface area contributed by atoms with E-state index in [0.29, 0.717) is 18.0 Å². The molecule has 132 valence electrons. The summed E-state index contributed by atoms with van der Waals surface area (Å²) in [5, 5.41) is 14.7. The number of rotatable bonds is 4. The molecule has 24 heavy (non-hydrogen) atoms. The van der Waals surface area contributed by atoms with Crippen LogP contribution in [0.5, 0.6) is 0 Å². The Morgan fingerprint density at radius 2 is 2.17 bits per heavy atom. The van der Waals surface area contributed by atoms with Crippen molar-refractivity contribution < 1.29 is 4.79 Å². The molecule has 2 aliphatic carbocycles. The summed E-state index contributed by atoms with van der Waals surface area (Å²) in [7, 11) is 0. The maximum absolute atomic E-state index is 12.3. The summed E-state index contributed by atoms with van der Waals surface area (Å²) < 4.78 is 2.19. The molecule has 0 unspecified atom stereocenters. The number of aromatic nitrogens is 3. The van der Waals surface area contributed by atoms with Crippen LogP contribution in [-0.4, -0.2) is 33.4 Å². The third kappa shape index (κ3) is 2.25. The Balaban J connectivity index is 1.29. The second-order valence-corrected chi connectivity index (χ2v) is 8.60. The zero-order chi connectivity index (χ0) is 16.9. The number of carbonyl (C=O) groups is 1. The lowest BCUT2D eigenvalue weighted by atomic mass is 9.69. The van der Waals surface area contributed by atoms with Gasteiger partial charge in [-0.15, -0.1) is 10.2 Å². The maximum atomic E-state index is 12.3. The quantitative estimate of drug-likeness (QED) is 0.889. The molecule has 0 aromatic carbocycles. The summed E-state index contributed by atoms with van der Waals surface area (Å²) in [6, 6.07) is 0.259. The van der Waals surface area contributed by atoms with E-state index >= 15 is 0 Å². The van der Waals surface area contributed by atoms with E-state index in [1.807, 2.05) is 0 Å². The number of aryl methyl sites for hydroxylation is 1. The fourth-order valence-corrected chi connectivity index (χ4v) is 5.31. The molecular formula is C18H29N5O. The van der Waals surface area contributed by atoms with Crippen molar-refractivity contribution in [2.45, 2.75) is 71.9 Å². The molecule has 6 nitrogen and oxygen atoms in total. The molecule has 4 rings (SSSR count). The van der Waals surface area contributed by atoms with Crippen molar-refractivity contribution in [2.24, 2.45) is 16.7 Å². The van der Waals surface area contributed by atoms with Crippen LogP contribution in [0, 0.1) is 16.7 Å². The zero-order valence-electron chi connectivity index (χ0n) is 15.1. The molecule has 3 atom stereocenters. The third-order valence-corrected chi connectivity index (χ3v) is 7.42. The van der Waals surface area contributed by atoms with Gasteiger partial charge in [-0.2, -0.15) is 0 Å². The lowest BCUT2D eigenvalue weighted by molar-refractivity contribution is 0.123. The van der Waals surface area contributed by atoms with E-state index in [-0.39, 0.29) is 11.4 Å². The van der Waals surface area contributed by atoms with Crippen molar-refractivity contribution >= 4 is 6.03 Å². The number of nitrogens with one attached hydrogen (secondary N) is 2. The number of hydrogen-bond acceptors (Lipinski definition) is 3. The van der Waals surface area contributed by atoms with Crippen molar-refractivity contribution in [3.8, 4) is 0 Å². The third-order valence-electron chi connectivity index (χ3n) is 7.42. The molecule has 1 aromatic rings. The molecule has 3 aliphatic rings. The van der Waals surface area contributed by atoms with Crippen LogP contribution < -0.4 is 10.6 Å². The Hall–Kier alpha value is -1.59. The van der Waals surface area contributed by atoms with Crippen molar-refractivity contribution in [3.63, 3.8) is 0 Å². The molecule has 6 heteroatoms. The van der Waals surface area contributed by atoms with Gasteiger partial charge in [0.15, 0.2) is 0 Å². The van der Waals surface area contributed by atoms with Crippen LogP contribution in [-0.2, 0) is 19.4 Å². The molecular weight excluding hydrogens is 302 g/mol. The van der Waals surface area contributed by atoms with Crippen molar-refractivity contribution in [1.29, 1.82) is 0 Å². The van der Waals surface area contributed by atoms with Gasteiger partial charge in [0.25, 0.3) is 0 Å². The average Bonchev–Trinajstić information content (AvgIpc) is 3.21. The number of hydrogen-bond donors (Lipinski definition) is 2. The summed E-state index contributed by atoms with van der Waals surface area (Å²) in [5.74, 6) is 2.83. The zero-order valence-corrected chi connectivity index (χ0v) is 15.1. The smallest absolute Gasteiger partial charge is 0.315 e. The summed E-state index contributed by atoms with van der Waals surface area (Å²) in [5.41, 5.74) is 0.551. The van der Waals surface area contributed by atoms with Gasteiger partial charge < -0.3 is 15.2 Å². The highest BCUT2D eigenvalue weighted by molar-refractivity contribution is 5.74. The van der Waals surface area contributed by atoms with Crippen LogP contribution in [0.4, 0.5) is 4.79 Å². The Kier molecular flexibility index (Phi) is 3.62. The molecule has 2 N–H and O–H groups in total. The van der Waals surface area contributed by atoms with Gasteiger partial charge in [0.1, 0.15) is 11.6 Å². The van der Waals surface area contributed by atoms with Gasteiger partial charge in [-0.3, -0.25) is 0 Å². The van der Waals surface area contributed by atoms with Gasteiger partial charge in [0, 0.05) is 32.0 Å². The maximum Gasteiger partial charge on any atom is 0.315 e. The van der Waals surface area contributed by atoms with Gasteiger partial charge in [-0.1, -0.05) is 20.8 Å². The predicted octanol–water partition coefficient (Wildman–Crippen LogP) is 2.28. The van der Waals surface area contributed by atoms with E-state index in [0.717, 1.165) is 49.8 Å². The van der Waals surface area contributed by atoms with E-state index in [2.05, 4.69) is 46.2 Å². The van der Waals surface area contributed by atoms with Crippen molar-refractivity contribution in [1.82, 2.24) is 25.4 Å². The summed E-state index contributed by atoms with van der Waals surface area (Å²) in [6.45, 7) is 8.72. The lowest BCUT2D eigenvalue weighted by Gasteiger charge is -2.39. The number of amides is 2. The van der Waals surface area contributed by atoms with Gasteiger partial charge in [-0.25, -0.2) is 4.79 Å². The van der Waals surface area contributed by atoms with E-state index in [4.69, 9.17) is 0 Å². The number of urea groups is 1. The van der Waals surface area contributed by atoms with Crippen molar-refractivity contribution in [3.05, 3.63) is 11.6 Å². The van der Waals surface area contributed by atoms with Gasteiger partial charge >= 0.3 is 6.03 Å². The van der Waals surface area contributed by atoms with Gasteiger partial charge in [0.2, 0.25) is 0 Å². The molecule has 2 saturated carbocycles. The second kappa shape index (κ2) is 5.46. The normalized spacial score (nSPS) is 32.8. The Bertz CT molecular complexity index is 652. The minimum absolute atomic E-state index is 0.0364. The van der Waals surface area contributed by atoms with Crippen LogP contribution in [0.25, 0.3) is 0 Å². The topological polar surface area (TPSA) is 71.8 Å². The standard InChI is InChI=1S/C18H29N5O/c1-17(2)12-6-8-18(17,3)13(11-12)20-16(24)19-9-7-15-22-21-14-5-4-10-23(14)15/h12-13H,4-11H2,1-3H3,(H2,19,20,24)/t12-,13+,18-/m0/s1. The Morgan fingerprint density at radius 1 is 1.33 bits per heavy atom. The van der Waals surface area contributed by atoms with Gasteiger partial charge in [0.05, 0.1) is 0 Å². The molecule has 2 heterocycles. The first-order chi connectivity index (χ1) is 11.4. The first-order valence-corrected chi connectivity index (χ1v) is 9.37. The first kappa shape index (κ1) is 15.9. The van der Waals surface area contributed by atoms with Crippen LogP contribution in [0.3, 0.4) is 0 Å². The Labute approximate surface area is 143 Å². The molecule has 2 bridgehead atoms. The SMILES string of the molecule is CC1(C)[C@H]2CC[C@@]1(C)[C@H](NC(=O)NCCc1nnc3n1CCC3)C2. The highest BCUT2D eigenvalue weighted by Crippen LogP contribution is 2.65. The fourth-order valence-electron chi connectivity index (χ4n) is 5.31. The Morgan fingerprint density at radius 3 is 2.88 bits per heavy atom. The van der Waals surface area contributed by atoms with E-state index in [9.17, 15) is 4.79 Å². The van der Waals surface area contributed by atoms with Gasteiger partial charge in [-0.05, 0) is 42.4 Å². The van der Waals surface area contributed by atoms with E-state index < -0.39 is 0 Å². The summed E-state index contributed by atoms with van der Waals surface area (Å²) >= 11 is 0. The molecule has 2 fully saturated rings. The predicted molar refractivity (Wildman–Crippen MR) is 91.6 cm³/mol. The second-order valence-electron chi connectivity index (χ2n) is 8.60. The van der Waals surface area contributed by atoms with Crippen LogP contribution in [0.2, 0.25) is 0 Å². The first-order valence-electron chi connectivity index (χ1n) is 9.37. The summed E-state index contributed by atoms with van der Waals surface area (Å²) in [6.07, 6.45) is 6.58. The highest BCUT2D eigenvalue weighted by atomic mass is 16.2. The molecule has 0 spiro atoms. The molecule has 0 radical (unpaired) electrons. The lowest BCUT2D eigenvalue weighted by Crippen LogP contribution is -2.50. The number of nitrogens with zero attached hydrogens (tertiary/aromatic N) is 3. The van der Waals surface area contributed by atoms with Crippen LogP contribution in [0.1, 0.15) is 58.1 Å². The number of fused-ring (bicyclic) bond motifs is 3. The summed E-state index contributed by atoms with van der Waals surface area (Å²) in [4.78, 5) is 12.3. The molecule has 1 aromatic heterocycles. The van der Waals surface area contributed by atoms with Crippen LogP contribution in [0.15, 0.2) is 0 Å². The minimum atomic E-state index is -0.0364. The van der Waals surface area contributed by atoms with Crippen molar-refractivity contribution in [2.75, 3.05) is 6.54 Å². The fraction of sp³-hybridized carbons (Fsp3) is 0.833. The number of carbonyl (C=O) groups excluding carboxylic acids is 1. The highest BCUT2D eigenvalue weighted by Gasteiger charge is 2.61. The minimum Gasteiger partial charge on any atom is -0.338 e. The van der Waals surface area contributed by atoms with Crippen LogP contribution >= 0.6 is 0 Å². The average molecular weight is 331 g/mol. The van der Waals surface area contributed by atoms with E-state index in [1.54, 1.807) is 0 Å². The molecule has 1 aliphatic heterocycles. The van der Waals surface area contributed by atoms with E-state index in [1.165, 1.54) is 12.8 Å². The molecule has 0 saturated heterocycles.